The second-order valence-corrected chi connectivity index (χ2v) is 4.83. The molecule has 1 heterocycles. The molecule has 0 saturated heterocycles. The molecule has 0 fully saturated rings. The number of nitrogens with zero attached hydrogens (tertiary/aromatic N) is 2. The van der Waals surface area contributed by atoms with E-state index in [9.17, 15) is 4.79 Å². The van der Waals surface area contributed by atoms with Gasteiger partial charge in [-0.3, -0.25) is 4.90 Å². The van der Waals surface area contributed by atoms with Crippen molar-refractivity contribution >= 4 is 5.97 Å². The maximum Gasteiger partial charge on any atom is 0.372 e. The number of carboxylic acid groups (broad SMARTS) is 1. The molecule has 0 bridgehead atoms. The lowest BCUT2D eigenvalue weighted by Crippen LogP contribution is -2.30. The van der Waals surface area contributed by atoms with Crippen molar-refractivity contribution in [1.82, 2.24) is 9.80 Å². The Morgan fingerprint density at radius 1 is 1.15 bits per heavy atom. The highest BCUT2D eigenvalue weighted by Gasteiger charge is 2.16. The van der Waals surface area contributed by atoms with Crippen LogP contribution in [-0.4, -0.2) is 53.6 Å². The van der Waals surface area contributed by atoms with Gasteiger partial charge in [-0.05, 0) is 45.2 Å². The zero-order valence-electron chi connectivity index (χ0n) is 12.8. The fraction of sp³-hybridized carbons (Fsp3) is 0.667. The first-order chi connectivity index (χ1) is 9.62. The molecule has 0 saturated carbocycles. The average molecular weight is 282 g/mol. The Bertz CT molecular complexity index is 400. The first-order valence-electron chi connectivity index (χ1n) is 7.36. The van der Waals surface area contributed by atoms with Gasteiger partial charge >= 0.3 is 5.97 Å². The van der Waals surface area contributed by atoms with Crippen LogP contribution in [0.2, 0.25) is 0 Å². The van der Waals surface area contributed by atoms with Gasteiger partial charge in [0.05, 0.1) is 6.26 Å². The number of carboxylic acids is 1. The molecule has 0 aliphatic rings. The molecule has 1 aromatic heterocycles. The van der Waals surface area contributed by atoms with Crippen LogP contribution in [0.15, 0.2) is 16.7 Å². The first-order valence-corrected chi connectivity index (χ1v) is 7.36. The maximum atomic E-state index is 11.0. The quantitative estimate of drug-likeness (QED) is 0.714. The molecule has 20 heavy (non-hydrogen) atoms. The van der Waals surface area contributed by atoms with Crippen molar-refractivity contribution in [3.63, 3.8) is 0 Å². The van der Waals surface area contributed by atoms with Crippen molar-refractivity contribution in [3.05, 3.63) is 23.7 Å². The van der Waals surface area contributed by atoms with Crippen molar-refractivity contribution < 1.29 is 14.3 Å². The predicted molar refractivity (Wildman–Crippen MR) is 79.0 cm³/mol. The SMILES string of the molecule is CCN(CC)CCCN(CC)Cc1ccoc1C(=O)O. The summed E-state index contributed by atoms with van der Waals surface area (Å²) in [4.78, 5) is 15.7. The minimum Gasteiger partial charge on any atom is -0.475 e. The predicted octanol–water partition coefficient (Wildman–Crippen LogP) is 2.53. The van der Waals surface area contributed by atoms with Crippen LogP contribution >= 0.6 is 0 Å². The number of hydrogen-bond acceptors (Lipinski definition) is 4. The van der Waals surface area contributed by atoms with E-state index in [1.165, 1.54) is 6.26 Å². The third kappa shape index (κ3) is 4.98. The molecule has 114 valence electrons. The minimum atomic E-state index is -0.996. The number of rotatable bonds is 10. The zero-order chi connectivity index (χ0) is 15.0. The summed E-state index contributed by atoms with van der Waals surface area (Å²) in [5.74, 6) is -0.934. The van der Waals surface area contributed by atoms with Gasteiger partial charge in [-0.2, -0.15) is 0 Å². The fourth-order valence-electron chi connectivity index (χ4n) is 2.30. The second-order valence-electron chi connectivity index (χ2n) is 4.83. The van der Waals surface area contributed by atoms with Gasteiger partial charge < -0.3 is 14.4 Å². The van der Waals surface area contributed by atoms with Gasteiger partial charge in [0.15, 0.2) is 0 Å². The average Bonchev–Trinajstić information content (AvgIpc) is 2.90. The molecular weight excluding hydrogens is 256 g/mol. The molecule has 0 unspecified atom stereocenters. The van der Waals surface area contributed by atoms with Crippen LogP contribution in [0, 0.1) is 0 Å². The molecule has 0 amide bonds. The van der Waals surface area contributed by atoms with Gasteiger partial charge in [0.1, 0.15) is 0 Å². The molecule has 5 nitrogen and oxygen atoms in total. The summed E-state index contributed by atoms with van der Waals surface area (Å²) in [6.45, 7) is 12.2. The highest BCUT2D eigenvalue weighted by atomic mass is 16.4. The van der Waals surface area contributed by atoms with Crippen LogP contribution in [0.1, 0.15) is 43.3 Å². The van der Waals surface area contributed by atoms with E-state index in [1.807, 2.05) is 0 Å². The third-order valence-electron chi connectivity index (χ3n) is 3.63. The van der Waals surface area contributed by atoms with E-state index in [2.05, 4.69) is 30.6 Å². The largest absolute Gasteiger partial charge is 0.475 e. The van der Waals surface area contributed by atoms with E-state index in [0.29, 0.717) is 6.54 Å². The van der Waals surface area contributed by atoms with E-state index in [4.69, 9.17) is 9.52 Å². The van der Waals surface area contributed by atoms with E-state index in [1.54, 1.807) is 6.07 Å². The summed E-state index contributed by atoms with van der Waals surface area (Å²) in [6.07, 6.45) is 2.54. The van der Waals surface area contributed by atoms with E-state index in [-0.39, 0.29) is 5.76 Å². The van der Waals surface area contributed by atoms with Crippen molar-refractivity contribution in [2.75, 3.05) is 32.7 Å². The summed E-state index contributed by atoms with van der Waals surface area (Å²) in [6, 6.07) is 1.75. The molecule has 5 heteroatoms. The Kier molecular flexibility index (Phi) is 7.33. The molecule has 0 aliphatic carbocycles. The molecule has 0 spiro atoms. The molecule has 1 aromatic rings. The smallest absolute Gasteiger partial charge is 0.372 e. The molecule has 1 rings (SSSR count). The van der Waals surface area contributed by atoms with Gasteiger partial charge in [-0.1, -0.05) is 20.8 Å². The minimum absolute atomic E-state index is 0.0622. The summed E-state index contributed by atoms with van der Waals surface area (Å²) in [5, 5.41) is 9.03. The van der Waals surface area contributed by atoms with E-state index >= 15 is 0 Å². The fourth-order valence-corrected chi connectivity index (χ4v) is 2.30. The molecule has 0 aliphatic heterocycles. The topological polar surface area (TPSA) is 56.9 Å². The summed E-state index contributed by atoms with van der Waals surface area (Å²) >= 11 is 0. The normalized spacial score (nSPS) is 11.4. The zero-order valence-corrected chi connectivity index (χ0v) is 12.8. The molecule has 0 radical (unpaired) electrons. The Morgan fingerprint density at radius 2 is 1.75 bits per heavy atom. The lowest BCUT2D eigenvalue weighted by atomic mass is 10.2. The monoisotopic (exact) mass is 282 g/mol. The van der Waals surface area contributed by atoms with Gasteiger partial charge in [-0.25, -0.2) is 4.79 Å². The van der Waals surface area contributed by atoms with Crippen LogP contribution < -0.4 is 0 Å². The van der Waals surface area contributed by atoms with Gasteiger partial charge in [0, 0.05) is 12.1 Å². The van der Waals surface area contributed by atoms with Crippen LogP contribution in [0.3, 0.4) is 0 Å². The summed E-state index contributed by atoms with van der Waals surface area (Å²) in [5.41, 5.74) is 0.752. The Labute approximate surface area is 121 Å². The third-order valence-corrected chi connectivity index (χ3v) is 3.63. The number of furan rings is 1. The van der Waals surface area contributed by atoms with Crippen molar-refractivity contribution in [2.24, 2.45) is 0 Å². The van der Waals surface area contributed by atoms with E-state index in [0.717, 1.165) is 44.7 Å². The van der Waals surface area contributed by atoms with Crippen LogP contribution in [-0.2, 0) is 6.54 Å². The molecule has 0 atom stereocenters. The van der Waals surface area contributed by atoms with E-state index < -0.39 is 5.97 Å². The number of hydrogen-bond donors (Lipinski definition) is 1. The Balaban J connectivity index is 2.46. The number of aromatic carboxylic acids is 1. The molecule has 1 N–H and O–H groups in total. The lowest BCUT2D eigenvalue weighted by molar-refractivity contribution is 0.0659. The van der Waals surface area contributed by atoms with Gasteiger partial charge in [0.2, 0.25) is 5.76 Å². The Morgan fingerprint density at radius 3 is 2.30 bits per heavy atom. The highest BCUT2D eigenvalue weighted by Crippen LogP contribution is 2.13. The van der Waals surface area contributed by atoms with Crippen molar-refractivity contribution in [1.29, 1.82) is 0 Å². The standard InChI is InChI=1S/C15H26N2O3/c1-4-16(5-2)9-7-10-17(6-3)12-13-8-11-20-14(13)15(18)19/h8,11H,4-7,9-10,12H2,1-3H3,(H,18,19). The van der Waals surface area contributed by atoms with Crippen LogP contribution in [0.25, 0.3) is 0 Å². The highest BCUT2D eigenvalue weighted by molar-refractivity contribution is 5.86. The first kappa shape index (κ1) is 16.7. The summed E-state index contributed by atoms with van der Waals surface area (Å²) in [7, 11) is 0. The van der Waals surface area contributed by atoms with Crippen molar-refractivity contribution in [3.8, 4) is 0 Å². The lowest BCUT2D eigenvalue weighted by Gasteiger charge is -2.23. The Hall–Kier alpha value is -1.33. The molecular formula is C15H26N2O3. The van der Waals surface area contributed by atoms with Crippen LogP contribution in [0.4, 0.5) is 0 Å². The second kappa shape index (κ2) is 8.76. The maximum absolute atomic E-state index is 11.0. The van der Waals surface area contributed by atoms with Crippen molar-refractivity contribution in [2.45, 2.75) is 33.7 Å². The number of carbonyl (C=O) groups is 1. The summed E-state index contributed by atoms with van der Waals surface area (Å²) < 4.78 is 5.01. The van der Waals surface area contributed by atoms with Gasteiger partial charge in [-0.15, -0.1) is 0 Å². The van der Waals surface area contributed by atoms with Gasteiger partial charge in [0.25, 0.3) is 0 Å². The molecule has 0 aromatic carbocycles. The van der Waals surface area contributed by atoms with Crippen LogP contribution in [0.5, 0.6) is 0 Å².